The molecule has 3 aromatic rings. The molecule has 0 aliphatic carbocycles. The van der Waals surface area contributed by atoms with Crippen molar-refractivity contribution in [1.29, 1.82) is 5.26 Å². The Hall–Kier alpha value is -3.58. The highest BCUT2D eigenvalue weighted by Crippen LogP contribution is 2.38. The zero-order valence-corrected chi connectivity index (χ0v) is 22.8. The van der Waals surface area contributed by atoms with Crippen molar-refractivity contribution in [2.75, 3.05) is 11.9 Å². The number of benzene rings is 3. The normalized spacial score (nSPS) is 11.0. The molecular weight excluding hydrogens is 585 g/mol. The standard InChI is InChI=1S/C26H20BrCl2N3O5/c1-3-36-23-10-17(9-20(27)25(23)37-14-16-6-4-5-15(2)7-16)8-18(13-30)26(33)31-24-21(28)11-19(32(34)35)12-22(24)29/h4-12H,3,14H2,1-2H3,(H,31,33)/b18-8+. The lowest BCUT2D eigenvalue weighted by Crippen LogP contribution is -2.14. The summed E-state index contributed by atoms with van der Waals surface area (Å²) < 4.78 is 12.3. The second-order valence-electron chi connectivity index (χ2n) is 7.71. The summed E-state index contributed by atoms with van der Waals surface area (Å²) in [5.41, 5.74) is 1.96. The number of ether oxygens (including phenoxy) is 2. The first kappa shape index (κ1) is 28.0. The summed E-state index contributed by atoms with van der Waals surface area (Å²) in [7, 11) is 0. The van der Waals surface area contributed by atoms with Crippen LogP contribution in [0.1, 0.15) is 23.6 Å². The van der Waals surface area contributed by atoms with Gasteiger partial charge in [-0.3, -0.25) is 14.9 Å². The molecule has 1 amide bonds. The molecule has 0 saturated carbocycles. The van der Waals surface area contributed by atoms with Gasteiger partial charge in [0.1, 0.15) is 18.2 Å². The molecule has 0 bridgehead atoms. The molecular formula is C26H20BrCl2N3O5. The fraction of sp³-hybridized carbons (Fsp3) is 0.154. The molecule has 0 spiro atoms. The van der Waals surface area contributed by atoms with Gasteiger partial charge < -0.3 is 14.8 Å². The number of nitro benzene ring substituents is 1. The van der Waals surface area contributed by atoms with E-state index in [1.807, 2.05) is 44.2 Å². The van der Waals surface area contributed by atoms with E-state index in [0.717, 1.165) is 23.3 Å². The number of carbonyl (C=O) groups is 1. The zero-order valence-electron chi connectivity index (χ0n) is 19.7. The van der Waals surface area contributed by atoms with Crippen molar-refractivity contribution in [3.8, 4) is 17.6 Å². The summed E-state index contributed by atoms with van der Waals surface area (Å²) in [6.45, 7) is 4.51. The number of hydrogen-bond acceptors (Lipinski definition) is 6. The number of aryl methyl sites for hydroxylation is 1. The molecule has 0 aliphatic rings. The van der Waals surface area contributed by atoms with E-state index in [-0.39, 0.29) is 27.0 Å². The Morgan fingerprint density at radius 2 is 1.89 bits per heavy atom. The molecule has 0 heterocycles. The molecule has 1 N–H and O–H groups in total. The molecule has 0 radical (unpaired) electrons. The molecule has 3 aromatic carbocycles. The van der Waals surface area contributed by atoms with Crippen LogP contribution in [0.4, 0.5) is 11.4 Å². The van der Waals surface area contributed by atoms with Gasteiger partial charge >= 0.3 is 0 Å². The number of carbonyl (C=O) groups excluding carboxylic acids is 1. The number of nitriles is 1. The van der Waals surface area contributed by atoms with Gasteiger partial charge in [0.2, 0.25) is 0 Å². The smallest absolute Gasteiger partial charge is 0.272 e. The maximum Gasteiger partial charge on any atom is 0.272 e. The van der Waals surface area contributed by atoms with Crippen molar-refractivity contribution < 1.29 is 19.2 Å². The third kappa shape index (κ3) is 7.23. The van der Waals surface area contributed by atoms with Crippen LogP contribution in [0.15, 0.2) is 58.6 Å². The van der Waals surface area contributed by atoms with Gasteiger partial charge in [-0.05, 0) is 59.1 Å². The largest absolute Gasteiger partial charge is 0.490 e. The molecule has 11 heteroatoms. The minimum absolute atomic E-state index is 0.0452. The van der Waals surface area contributed by atoms with Gasteiger partial charge in [0.05, 0.1) is 31.7 Å². The van der Waals surface area contributed by atoms with Crippen LogP contribution in [0.3, 0.4) is 0 Å². The number of nitrogens with one attached hydrogen (secondary N) is 1. The van der Waals surface area contributed by atoms with Gasteiger partial charge in [-0.25, -0.2) is 0 Å². The minimum atomic E-state index is -0.797. The first-order valence-electron chi connectivity index (χ1n) is 10.8. The summed E-state index contributed by atoms with van der Waals surface area (Å²) in [6.07, 6.45) is 1.36. The van der Waals surface area contributed by atoms with Crippen LogP contribution in [-0.4, -0.2) is 17.4 Å². The molecule has 0 aromatic heterocycles. The third-order valence-corrected chi connectivity index (χ3v) is 6.13. The second-order valence-corrected chi connectivity index (χ2v) is 9.37. The van der Waals surface area contributed by atoms with Crippen LogP contribution >= 0.6 is 39.1 Å². The topological polar surface area (TPSA) is 114 Å². The number of nitrogens with zero attached hydrogens (tertiary/aromatic N) is 2. The Balaban J connectivity index is 1.88. The van der Waals surface area contributed by atoms with E-state index in [9.17, 15) is 20.2 Å². The molecule has 190 valence electrons. The van der Waals surface area contributed by atoms with Crippen molar-refractivity contribution in [3.63, 3.8) is 0 Å². The first-order valence-corrected chi connectivity index (χ1v) is 12.4. The summed E-state index contributed by atoms with van der Waals surface area (Å²) in [4.78, 5) is 23.1. The lowest BCUT2D eigenvalue weighted by atomic mass is 10.1. The van der Waals surface area contributed by atoms with Crippen LogP contribution in [0.25, 0.3) is 6.08 Å². The molecule has 37 heavy (non-hydrogen) atoms. The fourth-order valence-electron chi connectivity index (χ4n) is 3.31. The van der Waals surface area contributed by atoms with Crippen LogP contribution in [0, 0.1) is 28.4 Å². The monoisotopic (exact) mass is 603 g/mol. The fourth-order valence-corrected chi connectivity index (χ4v) is 4.46. The maximum atomic E-state index is 12.8. The number of nitro groups is 1. The number of hydrogen-bond donors (Lipinski definition) is 1. The van der Waals surface area contributed by atoms with Gasteiger partial charge in [0.25, 0.3) is 11.6 Å². The van der Waals surface area contributed by atoms with Gasteiger partial charge in [0.15, 0.2) is 11.5 Å². The van der Waals surface area contributed by atoms with Crippen LogP contribution in [0.2, 0.25) is 10.0 Å². The summed E-state index contributed by atoms with van der Waals surface area (Å²) in [6, 6.07) is 15.2. The Morgan fingerprint density at radius 1 is 1.19 bits per heavy atom. The Kier molecular flexibility index (Phi) is 9.53. The molecule has 0 saturated heterocycles. The minimum Gasteiger partial charge on any atom is -0.490 e. The van der Waals surface area contributed by atoms with Crippen LogP contribution in [0.5, 0.6) is 11.5 Å². The van der Waals surface area contributed by atoms with Crippen LogP contribution in [-0.2, 0) is 11.4 Å². The number of amides is 1. The third-order valence-electron chi connectivity index (χ3n) is 4.95. The van der Waals surface area contributed by atoms with Gasteiger partial charge in [-0.15, -0.1) is 0 Å². The number of halogens is 3. The SMILES string of the molecule is CCOc1cc(/C=C(\C#N)C(=O)Nc2c(Cl)cc([N+](=O)[O-])cc2Cl)cc(Br)c1OCc1cccc(C)c1. The van der Waals surface area contributed by atoms with E-state index in [1.54, 1.807) is 12.1 Å². The lowest BCUT2D eigenvalue weighted by molar-refractivity contribution is -0.384. The van der Waals surface area contributed by atoms with Crippen molar-refractivity contribution in [2.24, 2.45) is 0 Å². The molecule has 8 nitrogen and oxygen atoms in total. The van der Waals surface area contributed by atoms with Gasteiger partial charge in [0, 0.05) is 12.1 Å². The number of non-ortho nitro benzene ring substituents is 1. The van der Waals surface area contributed by atoms with Crippen molar-refractivity contribution in [3.05, 3.63) is 95.4 Å². The maximum absolute atomic E-state index is 12.8. The van der Waals surface area contributed by atoms with E-state index in [1.165, 1.54) is 6.08 Å². The molecule has 0 fully saturated rings. The highest BCUT2D eigenvalue weighted by Gasteiger charge is 2.19. The van der Waals surface area contributed by atoms with E-state index in [2.05, 4.69) is 21.2 Å². The molecule has 0 aliphatic heterocycles. The van der Waals surface area contributed by atoms with Gasteiger partial charge in [-0.2, -0.15) is 5.26 Å². The quantitative estimate of drug-likeness (QED) is 0.117. The number of rotatable bonds is 9. The zero-order chi connectivity index (χ0) is 27.1. The van der Waals surface area contributed by atoms with E-state index < -0.39 is 10.8 Å². The first-order chi connectivity index (χ1) is 17.6. The van der Waals surface area contributed by atoms with Crippen molar-refractivity contribution >= 4 is 62.5 Å². The average molecular weight is 605 g/mol. The Labute approximate surface area is 231 Å². The summed E-state index contributed by atoms with van der Waals surface area (Å²) >= 11 is 15.6. The molecule has 0 atom stereocenters. The lowest BCUT2D eigenvalue weighted by Gasteiger charge is -2.15. The summed E-state index contributed by atoms with van der Waals surface area (Å²) in [5, 5.41) is 22.8. The van der Waals surface area contributed by atoms with E-state index in [4.69, 9.17) is 32.7 Å². The Morgan fingerprint density at radius 3 is 2.49 bits per heavy atom. The number of anilines is 1. The van der Waals surface area contributed by atoms with E-state index in [0.29, 0.717) is 34.7 Å². The highest BCUT2D eigenvalue weighted by molar-refractivity contribution is 9.10. The molecule has 3 rings (SSSR count). The average Bonchev–Trinajstić information content (AvgIpc) is 2.84. The second kappa shape index (κ2) is 12.6. The van der Waals surface area contributed by atoms with Crippen molar-refractivity contribution in [1.82, 2.24) is 0 Å². The van der Waals surface area contributed by atoms with Crippen LogP contribution < -0.4 is 14.8 Å². The predicted molar refractivity (Wildman–Crippen MR) is 146 cm³/mol. The molecule has 0 unspecified atom stereocenters. The highest BCUT2D eigenvalue weighted by atomic mass is 79.9. The van der Waals surface area contributed by atoms with Gasteiger partial charge in [-0.1, -0.05) is 53.0 Å². The van der Waals surface area contributed by atoms with Crippen molar-refractivity contribution in [2.45, 2.75) is 20.5 Å². The summed E-state index contributed by atoms with van der Waals surface area (Å²) in [5.74, 6) is 0.108. The Bertz CT molecular complexity index is 1410. The predicted octanol–water partition coefficient (Wildman–Crippen LogP) is 7.50. The van der Waals surface area contributed by atoms with E-state index >= 15 is 0 Å².